The Morgan fingerprint density at radius 3 is 2.54 bits per heavy atom. The molecule has 6 nitrogen and oxygen atoms in total. The lowest BCUT2D eigenvalue weighted by molar-refractivity contribution is -0.136. The zero-order valence-electron chi connectivity index (χ0n) is 16.7. The zero-order chi connectivity index (χ0) is 19.7. The summed E-state index contributed by atoms with van der Waals surface area (Å²) in [5.74, 6) is 3.86. The molecule has 2 heterocycles. The molecule has 7 heteroatoms. The molecular weight excluding hydrogens is 374 g/mol. The average molecular weight is 404 g/mol. The van der Waals surface area contributed by atoms with Crippen LogP contribution >= 0.6 is 11.8 Å². The van der Waals surface area contributed by atoms with E-state index in [1.54, 1.807) is 11.7 Å². The van der Waals surface area contributed by atoms with Crippen LogP contribution in [0.4, 0.5) is 0 Å². The Balaban J connectivity index is 1.44. The van der Waals surface area contributed by atoms with E-state index in [0.29, 0.717) is 18.4 Å². The van der Waals surface area contributed by atoms with E-state index < -0.39 is 0 Å². The van der Waals surface area contributed by atoms with Gasteiger partial charge >= 0.3 is 5.69 Å². The molecule has 0 spiro atoms. The first-order valence-electron chi connectivity index (χ1n) is 10.2. The second-order valence-electron chi connectivity index (χ2n) is 7.96. The van der Waals surface area contributed by atoms with Crippen molar-refractivity contribution in [1.29, 1.82) is 0 Å². The lowest BCUT2D eigenvalue weighted by atomic mass is 9.81. The molecule has 0 bridgehead atoms. The topological polar surface area (TPSA) is 56.5 Å². The number of ether oxygens (including phenoxy) is 1. The molecule has 2 fully saturated rings. The Kier molecular flexibility index (Phi) is 5.71. The minimum absolute atomic E-state index is 0.0206. The number of nitrogens with zero attached hydrogens (tertiary/aromatic N) is 3. The number of benzene rings is 1. The van der Waals surface area contributed by atoms with Crippen molar-refractivity contribution in [2.75, 3.05) is 31.7 Å². The number of hydrogen-bond acceptors (Lipinski definition) is 4. The zero-order valence-corrected chi connectivity index (χ0v) is 17.5. The number of fused-ring (bicyclic) bond motifs is 1. The number of methoxy groups -OCH3 is 1. The number of carbonyl (C=O) groups excluding carboxylic acids is 1. The highest BCUT2D eigenvalue weighted by Gasteiger charge is 2.30. The fourth-order valence-electron chi connectivity index (χ4n) is 4.59. The van der Waals surface area contributed by atoms with Gasteiger partial charge in [-0.1, -0.05) is 0 Å². The number of amides is 1. The quantitative estimate of drug-likeness (QED) is 0.788. The van der Waals surface area contributed by atoms with E-state index in [4.69, 9.17) is 4.74 Å². The van der Waals surface area contributed by atoms with E-state index in [1.807, 2.05) is 41.6 Å². The Bertz CT molecular complexity index is 905. The molecule has 1 saturated heterocycles. The summed E-state index contributed by atoms with van der Waals surface area (Å²) >= 11 is 1.93. The van der Waals surface area contributed by atoms with Crippen molar-refractivity contribution < 1.29 is 9.53 Å². The molecule has 4 rings (SSSR count). The molecule has 152 valence electrons. The van der Waals surface area contributed by atoms with Gasteiger partial charge in [0.25, 0.3) is 0 Å². The number of aromatic nitrogens is 2. The SMILES string of the molecule is COc1ccc2c(c1)n(CC1CCC(C(=O)N3CCSCC3)CC1)c(=O)n2C. The van der Waals surface area contributed by atoms with Crippen molar-refractivity contribution in [2.24, 2.45) is 18.9 Å². The molecule has 0 N–H and O–H groups in total. The van der Waals surface area contributed by atoms with Gasteiger partial charge < -0.3 is 9.64 Å². The number of rotatable bonds is 4. The van der Waals surface area contributed by atoms with Gasteiger partial charge in [0.05, 0.1) is 18.1 Å². The summed E-state index contributed by atoms with van der Waals surface area (Å²) in [6.07, 6.45) is 3.89. The van der Waals surface area contributed by atoms with E-state index >= 15 is 0 Å². The van der Waals surface area contributed by atoms with Crippen molar-refractivity contribution in [3.8, 4) is 5.75 Å². The maximum Gasteiger partial charge on any atom is 0.328 e. The molecule has 2 aliphatic rings. The van der Waals surface area contributed by atoms with Crippen LogP contribution in [-0.4, -0.2) is 51.6 Å². The van der Waals surface area contributed by atoms with Gasteiger partial charge in [0.15, 0.2) is 0 Å². The average Bonchev–Trinajstić information content (AvgIpc) is 2.98. The molecule has 0 atom stereocenters. The first-order valence-corrected chi connectivity index (χ1v) is 11.3. The van der Waals surface area contributed by atoms with Crippen LogP contribution in [0.3, 0.4) is 0 Å². The molecule has 0 radical (unpaired) electrons. The highest BCUT2D eigenvalue weighted by Crippen LogP contribution is 2.32. The third-order valence-corrected chi connectivity index (χ3v) is 7.25. The highest BCUT2D eigenvalue weighted by atomic mass is 32.2. The monoisotopic (exact) mass is 403 g/mol. The highest BCUT2D eigenvalue weighted by molar-refractivity contribution is 7.99. The first kappa shape index (κ1) is 19.4. The molecular formula is C21H29N3O3S. The van der Waals surface area contributed by atoms with Crippen LogP contribution in [0, 0.1) is 11.8 Å². The van der Waals surface area contributed by atoms with Crippen molar-refractivity contribution in [1.82, 2.24) is 14.0 Å². The summed E-state index contributed by atoms with van der Waals surface area (Å²) in [6, 6.07) is 5.78. The maximum absolute atomic E-state index is 12.8. The predicted molar refractivity (Wildman–Crippen MR) is 113 cm³/mol. The normalized spacial score (nSPS) is 23.1. The van der Waals surface area contributed by atoms with Gasteiger partial charge in [0, 0.05) is 50.2 Å². The number of imidazole rings is 1. The molecule has 1 aromatic carbocycles. The summed E-state index contributed by atoms with van der Waals surface area (Å²) in [4.78, 5) is 27.6. The summed E-state index contributed by atoms with van der Waals surface area (Å²) in [7, 11) is 3.46. The standard InChI is InChI=1S/C21H29N3O3S/c1-22-18-8-7-17(27-2)13-19(18)24(21(22)26)14-15-3-5-16(6-4-15)20(25)23-9-11-28-12-10-23/h7-8,13,15-16H,3-6,9-12,14H2,1-2H3. The van der Waals surface area contributed by atoms with Gasteiger partial charge in [-0.25, -0.2) is 4.79 Å². The number of thioether (sulfide) groups is 1. The van der Waals surface area contributed by atoms with Gasteiger partial charge in [-0.15, -0.1) is 0 Å². The second-order valence-corrected chi connectivity index (χ2v) is 9.19. The lowest BCUT2D eigenvalue weighted by Gasteiger charge is -2.33. The van der Waals surface area contributed by atoms with Crippen molar-refractivity contribution >= 4 is 28.7 Å². The summed E-state index contributed by atoms with van der Waals surface area (Å²) in [5, 5.41) is 0. The van der Waals surface area contributed by atoms with Gasteiger partial charge in [0.1, 0.15) is 5.75 Å². The fourth-order valence-corrected chi connectivity index (χ4v) is 5.49. The van der Waals surface area contributed by atoms with Crippen LogP contribution in [0.5, 0.6) is 5.75 Å². The van der Waals surface area contributed by atoms with Gasteiger partial charge in [0.2, 0.25) is 5.91 Å². The van der Waals surface area contributed by atoms with Crippen LogP contribution in [0.25, 0.3) is 11.0 Å². The molecule has 28 heavy (non-hydrogen) atoms. The summed E-state index contributed by atoms with van der Waals surface area (Å²) in [6.45, 7) is 2.51. The third kappa shape index (κ3) is 3.69. The second kappa shape index (κ2) is 8.23. The van der Waals surface area contributed by atoms with Crippen LogP contribution < -0.4 is 10.4 Å². The van der Waals surface area contributed by atoms with Crippen LogP contribution in [0.15, 0.2) is 23.0 Å². The Labute approximate surface area is 169 Å². The van der Waals surface area contributed by atoms with E-state index in [2.05, 4.69) is 4.90 Å². The van der Waals surface area contributed by atoms with Crippen molar-refractivity contribution in [2.45, 2.75) is 32.2 Å². The van der Waals surface area contributed by atoms with E-state index in [-0.39, 0.29) is 11.6 Å². The maximum atomic E-state index is 12.8. The largest absolute Gasteiger partial charge is 0.497 e. The van der Waals surface area contributed by atoms with Crippen LogP contribution in [0.2, 0.25) is 0 Å². The smallest absolute Gasteiger partial charge is 0.328 e. The molecule has 1 aromatic heterocycles. The summed E-state index contributed by atoms with van der Waals surface area (Å²) in [5.41, 5.74) is 1.88. The fraction of sp³-hybridized carbons (Fsp3) is 0.619. The molecule has 2 aromatic rings. The van der Waals surface area contributed by atoms with E-state index in [1.165, 1.54) is 0 Å². The minimum atomic E-state index is 0.0206. The Hall–Kier alpha value is -1.89. The van der Waals surface area contributed by atoms with Crippen LogP contribution in [0.1, 0.15) is 25.7 Å². The lowest BCUT2D eigenvalue weighted by Crippen LogP contribution is -2.42. The van der Waals surface area contributed by atoms with E-state index in [9.17, 15) is 9.59 Å². The predicted octanol–water partition coefficient (Wildman–Crippen LogP) is 2.73. The molecule has 1 amide bonds. The van der Waals surface area contributed by atoms with Crippen molar-refractivity contribution in [3.63, 3.8) is 0 Å². The minimum Gasteiger partial charge on any atom is -0.497 e. The first-order chi connectivity index (χ1) is 13.6. The van der Waals surface area contributed by atoms with Gasteiger partial charge in [-0.05, 0) is 43.7 Å². The third-order valence-electron chi connectivity index (χ3n) is 6.31. The number of carbonyl (C=O) groups is 1. The van der Waals surface area contributed by atoms with Crippen LogP contribution in [-0.2, 0) is 18.4 Å². The Morgan fingerprint density at radius 1 is 1.14 bits per heavy atom. The van der Waals surface area contributed by atoms with Gasteiger partial charge in [-0.3, -0.25) is 13.9 Å². The van der Waals surface area contributed by atoms with Crippen molar-refractivity contribution in [3.05, 3.63) is 28.7 Å². The number of aryl methyl sites for hydroxylation is 1. The summed E-state index contributed by atoms with van der Waals surface area (Å²) < 4.78 is 8.93. The van der Waals surface area contributed by atoms with Gasteiger partial charge in [-0.2, -0.15) is 11.8 Å². The molecule has 1 aliphatic heterocycles. The van der Waals surface area contributed by atoms with E-state index in [0.717, 1.165) is 67.1 Å². The molecule has 1 aliphatic carbocycles. The Morgan fingerprint density at radius 2 is 1.86 bits per heavy atom. The number of hydrogen-bond donors (Lipinski definition) is 0. The molecule has 1 saturated carbocycles. The molecule has 0 unspecified atom stereocenters.